The topological polar surface area (TPSA) is 60.8 Å². The average Bonchev–Trinajstić information content (AvgIpc) is 3.41. The SMILES string of the molecule is COc1cc(C2=NCCn3cc(-c4c[nH]c5ccccc45)cc32)cc(OC)c1OC. The number of benzene rings is 2. The summed E-state index contributed by atoms with van der Waals surface area (Å²) in [5.74, 6) is 1.82. The van der Waals surface area contributed by atoms with Gasteiger partial charge >= 0.3 is 0 Å². The van der Waals surface area contributed by atoms with Gasteiger partial charge in [-0.25, -0.2) is 0 Å². The zero-order valence-electron chi connectivity index (χ0n) is 17.2. The maximum atomic E-state index is 5.54. The van der Waals surface area contributed by atoms with Gasteiger partial charge in [0, 0.05) is 46.5 Å². The molecule has 0 saturated carbocycles. The van der Waals surface area contributed by atoms with E-state index in [0.29, 0.717) is 17.2 Å². The molecule has 6 heteroatoms. The third-order valence-electron chi connectivity index (χ3n) is 5.59. The molecule has 0 spiro atoms. The molecule has 6 nitrogen and oxygen atoms in total. The number of fused-ring (bicyclic) bond motifs is 2. The van der Waals surface area contributed by atoms with Crippen LogP contribution in [0.15, 0.2) is 59.9 Å². The lowest BCUT2D eigenvalue weighted by Gasteiger charge is -2.19. The van der Waals surface area contributed by atoms with E-state index in [1.807, 2.05) is 18.2 Å². The van der Waals surface area contributed by atoms with Crippen molar-refractivity contribution in [3.63, 3.8) is 0 Å². The number of rotatable bonds is 5. The second-order valence-corrected chi connectivity index (χ2v) is 7.20. The third kappa shape index (κ3) is 2.84. The average molecular weight is 401 g/mol. The predicted molar refractivity (Wildman–Crippen MR) is 118 cm³/mol. The van der Waals surface area contributed by atoms with Crippen LogP contribution >= 0.6 is 0 Å². The normalized spacial score (nSPS) is 13.1. The zero-order valence-corrected chi connectivity index (χ0v) is 17.2. The van der Waals surface area contributed by atoms with Gasteiger partial charge in [0.05, 0.1) is 39.3 Å². The number of aromatic amines is 1. The molecule has 152 valence electrons. The van der Waals surface area contributed by atoms with Gasteiger partial charge in [-0.2, -0.15) is 0 Å². The van der Waals surface area contributed by atoms with E-state index in [9.17, 15) is 0 Å². The van der Waals surface area contributed by atoms with Crippen molar-refractivity contribution in [3.8, 4) is 28.4 Å². The Morgan fingerprint density at radius 2 is 1.70 bits per heavy atom. The number of hydrogen-bond donors (Lipinski definition) is 1. The molecule has 4 aromatic rings. The molecule has 1 N–H and O–H groups in total. The maximum Gasteiger partial charge on any atom is 0.203 e. The van der Waals surface area contributed by atoms with Crippen LogP contribution < -0.4 is 14.2 Å². The van der Waals surface area contributed by atoms with Crippen LogP contribution in [0.3, 0.4) is 0 Å². The highest BCUT2D eigenvalue weighted by Crippen LogP contribution is 2.39. The lowest BCUT2D eigenvalue weighted by Crippen LogP contribution is -2.18. The molecule has 2 aromatic carbocycles. The fraction of sp³-hybridized carbons (Fsp3) is 0.208. The van der Waals surface area contributed by atoms with Crippen LogP contribution in [0.1, 0.15) is 11.3 Å². The van der Waals surface area contributed by atoms with Crippen molar-refractivity contribution in [2.45, 2.75) is 6.54 Å². The van der Waals surface area contributed by atoms with Gasteiger partial charge in [0.25, 0.3) is 0 Å². The minimum Gasteiger partial charge on any atom is -0.493 e. The Hall–Kier alpha value is -3.67. The lowest BCUT2D eigenvalue weighted by molar-refractivity contribution is 0.324. The molecule has 0 radical (unpaired) electrons. The molecule has 0 bridgehead atoms. The minimum atomic E-state index is 0.579. The van der Waals surface area contributed by atoms with Crippen molar-refractivity contribution in [1.82, 2.24) is 9.55 Å². The lowest BCUT2D eigenvalue weighted by atomic mass is 10.0. The van der Waals surface area contributed by atoms with E-state index in [1.54, 1.807) is 21.3 Å². The Morgan fingerprint density at radius 1 is 0.933 bits per heavy atom. The summed E-state index contributed by atoms with van der Waals surface area (Å²) in [5, 5.41) is 1.21. The summed E-state index contributed by atoms with van der Waals surface area (Å²) in [6.45, 7) is 1.58. The monoisotopic (exact) mass is 401 g/mol. The van der Waals surface area contributed by atoms with Gasteiger partial charge in [-0.3, -0.25) is 4.99 Å². The van der Waals surface area contributed by atoms with Crippen LogP contribution in [-0.4, -0.2) is 43.1 Å². The number of nitrogens with zero attached hydrogens (tertiary/aromatic N) is 2. The largest absolute Gasteiger partial charge is 0.493 e. The Morgan fingerprint density at radius 3 is 2.43 bits per heavy atom. The molecule has 0 aliphatic carbocycles. The molecule has 30 heavy (non-hydrogen) atoms. The number of ether oxygens (including phenoxy) is 3. The van der Waals surface area contributed by atoms with Gasteiger partial charge in [0.2, 0.25) is 5.75 Å². The molecule has 1 aliphatic rings. The molecule has 3 heterocycles. The summed E-state index contributed by atoms with van der Waals surface area (Å²) in [4.78, 5) is 8.21. The van der Waals surface area contributed by atoms with Gasteiger partial charge in [0.15, 0.2) is 11.5 Å². The smallest absolute Gasteiger partial charge is 0.203 e. The highest BCUT2D eigenvalue weighted by molar-refractivity contribution is 6.14. The van der Waals surface area contributed by atoms with Crippen molar-refractivity contribution in [3.05, 3.63) is 66.1 Å². The summed E-state index contributed by atoms with van der Waals surface area (Å²) in [5.41, 5.74) is 6.44. The number of aliphatic imine (C=N–C) groups is 1. The second kappa shape index (κ2) is 7.30. The zero-order chi connectivity index (χ0) is 20.7. The Balaban J connectivity index is 1.62. The van der Waals surface area contributed by atoms with Gasteiger partial charge in [0.1, 0.15) is 0 Å². The van der Waals surface area contributed by atoms with Crippen molar-refractivity contribution in [2.24, 2.45) is 4.99 Å². The first-order valence-electron chi connectivity index (χ1n) is 9.85. The van der Waals surface area contributed by atoms with Crippen LogP contribution in [0.4, 0.5) is 0 Å². The van der Waals surface area contributed by atoms with E-state index in [0.717, 1.165) is 35.6 Å². The van der Waals surface area contributed by atoms with E-state index < -0.39 is 0 Å². The van der Waals surface area contributed by atoms with E-state index in [2.05, 4.69) is 46.2 Å². The predicted octanol–water partition coefficient (Wildman–Crippen LogP) is 4.51. The summed E-state index contributed by atoms with van der Waals surface area (Å²) in [6, 6.07) is 14.5. The van der Waals surface area contributed by atoms with Crippen LogP contribution in [0.25, 0.3) is 22.0 Å². The molecule has 0 amide bonds. The molecule has 5 rings (SSSR count). The van der Waals surface area contributed by atoms with E-state index in [4.69, 9.17) is 19.2 Å². The van der Waals surface area contributed by atoms with Gasteiger partial charge < -0.3 is 23.8 Å². The van der Waals surface area contributed by atoms with Crippen molar-refractivity contribution in [1.29, 1.82) is 0 Å². The van der Waals surface area contributed by atoms with E-state index >= 15 is 0 Å². The molecular weight excluding hydrogens is 378 g/mol. The van der Waals surface area contributed by atoms with Crippen LogP contribution in [0, 0.1) is 0 Å². The number of methoxy groups -OCH3 is 3. The Kier molecular flexibility index (Phi) is 4.47. The van der Waals surface area contributed by atoms with E-state index in [-0.39, 0.29) is 0 Å². The first kappa shape index (κ1) is 18.4. The van der Waals surface area contributed by atoms with Crippen LogP contribution in [-0.2, 0) is 6.54 Å². The van der Waals surface area contributed by atoms with Crippen molar-refractivity contribution >= 4 is 16.6 Å². The third-order valence-corrected chi connectivity index (χ3v) is 5.59. The quantitative estimate of drug-likeness (QED) is 0.535. The van der Waals surface area contributed by atoms with Gasteiger partial charge in [-0.1, -0.05) is 18.2 Å². The number of H-pyrrole nitrogens is 1. The summed E-state index contributed by atoms with van der Waals surface area (Å²) < 4.78 is 18.8. The first-order chi connectivity index (χ1) is 14.7. The molecular formula is C24H23N3O3. The fourth-order valence-electron chi connectivity index (χ4n) is 4.16. The Bertz CT molecular complexity index is 1240. The second-order valence-electron chi connectivity index (χ2n) is 7.20. The van der Waals surface area contributed by atoms with Crippen molar-refractivity contribution in [2.75, 3.05) is 27.9 Å². The maximum absolute atomic E-state index is 5.54. The van der Waals surface area contributed by atoms with Crippen LogP contribution in [0.5, 0.6) is 17.2 Å². The summed E-state index contributed by atoms with van der Waals surface area (Å²) in [6.07, 6.45) is 4.28. The molecule has 2 aromatic heterocycles. The highest BCUT2D eigenvalue weighted by Gasteiger charge is 2.22. The number of para-hydroxylation sites is 1. The molecule has 0 atom stereocenters. The molecule has 0 fully saturated rings. The fourth-order valence-corrected chi connectivity index (χ4v) is 4.16. The van der Waals surface area contributed by atoms with Gasteiger partial charge in [-0.15, -0.1) is 0 Å². The number of hydrogen-bond acceptors (Lipinski definition) is 4. The number of aromatic nitrogens is 2. The minimum absolute atomic E-state index is 0.579. The molecule has 0 saturated heterocycles. The molecule has 0 unspecified atom stereocenters. The number of nitrogens with one attached hydrogen (secondary N) is 1. The standard InChI is InChI=1S/C24H23N3O3/c1-28-21-11-15(12-22(29-2)24(21)30-3)23-20-10-16(14-27(20)9-8-25-23)18-13-26-19-7-5-4-6-17(18)19/h4-7,10-14,26H,8-9H2,1-3H3. The van der Waals surface area contributed by atoms with Crippen molar-refractivity contribution < 1.29 is 14.2 Å². The Labute approximate surface area is 174 Å². The first-order valence-corrected chi connectivity index (χ1v) is 9.85. The van der Waals surface area contributed by atoms with Crippen LogP contribution in [0.2, 0.25) is 0 Å². The summed E-state index contributed by atoms with van der Waals surface area (Å²) >= 11 is 0. The molecule has 1 aliphatic heterocycles. The highest BCUT2D eigenvalue weighted by atomic mass is 16.5. The van der Waals surface area contributed by atoms with E-state index in [1.165, 1.54) is 16.5 Å². The van der Waals surface area contributed by atoms with Gasteiger partial charge in [-0.05, 0) is 24.3 Å². The summed E-state index contributed by atoms with van der Waals surface area (Å²) in [7, 11) is 4.86.